The summed E-state index contributed by atoms with van der Waals surface area (Å²) in [6, 6.07) is 35.0. The SMILES string of the molecule is Cl.NC(c1ccccc1)c1cccc(OCc2cccc(-c3ccc(CC4OCCO4)cc3)c2)c1. The number of hydrogen-bond donors (Lipinski definition) is 1. The Morgan fingerprint density at radius 2 is 1.43 bits per heavy atom. The zero-order chi connectivity index (χ0) is 23.2. The minimum absolute atomic E-state index is 0. The van der Waals surface area contributed by atoms with Gasteiger partial charge in [-0.1, -0.05) is 84.9 Å². The summed E-state index contributed by atoms with van der Waals surface area (Å²) in [7, 11) is 0. The van der Waals surface area contributed by atoms with Gasteiger partial charge in [-0.2, -0.15) is 0 Å². The van der Waals surface area contributed by atoms with Crippen molar-refractivity contribution in [1.82, 2.24) is 0 Å². The molecule has 1 heterocycles. The lowest BCUT2D eigenvalue weighted by Gasteiger charge is -2.14. The lowest BCUT2D eigenvalue weighted by atomic mass is 9.99. The van der Waals surface area contributed by atoms with Gasteiger partial charge in [0.2, 0.25) is 0 Å². The minimum Gasteiger partial charge on any atom is -0.489 e. The predicted molar refractivity (Wildman–Crippen MR) is 142 cm³/mol. The van der Waals surface area contributed by atoms with Crippen molar-refractivity contribution in [2.75, 3.05) is 13.2 Å². The maximum absolute atomic E-state index is 6.46. The van der Waals surface area contributed by atoms with Crippen LogP contribution in [0.4, 0.5) is 0 Å². The van der Waals surface area contributed by atoms with E-state index in [1.807, 2.05) is 54.6 Å². The molecule has 1 aliphatic rings. The molecule has 35 heavy (non-hydrogen) atoms. The van der Waals surface area contributed by atoms with Crippen LogP contribution < -0.4 is 10.5 Å². The van der Waals surface area contributed by atoms with Crippen LogP contribution in [-0.2, 0) is 22.5 Å². The Balaban J connectivity index is 0.00000289. The maximum atomic E-state index is 6.46. The van der Waals surface area contributed by atoms with Crippen molar-refractivity contribution in [3.63, 3.8) is 0 Å². The predicted octanol–water partition coefficient (Wildman–Crippen LogP) is 6.32. The van der Waals surface area contributed by atoms with Crippen LogP contribution in [0, 0.1) is 0 Å². The van der Waals surface area contributed by atoms with E-state index in [4.69, 9.17) is 19.9 Å². The minimum atomic E-state index is -0.178. The van der Waals surface area contributed by atoms with Crippen LogP contribution in [0.5, 0.6) is 5.75 Å². The van der Waals surface area contributed by atoms with E-state index in [9.17, 15) is 0 Å². The fourth-order valence-corrected chi connectivity index (χ4v) is 4.21. The number of ether oxygens (including phenoxy) is 3. The molecule has 4 nitrogen and oxygen atoms in total. The average molecular weight is 488 g/mol. The van der Waals surface area contributed by atoms with E-state index in [2.05, 4.69) is 48.5 Å². The Labute approximate surface area is 213 Å². The number of rotatable bonds is 8. The van der Waals surface area contributed by atoms with Crippen LogP contribution >= 0.6 is 12.4 Å². The van der Waals surface area contributed by atoms with Gasteiger partial charge in [0.1, 0.15) is 12.4 Å². The summed E-state index contributed by atoms with van der Waals surface area (Å²) in [6.07, 6.45) is 0.660. The molecule has 0 bridgehead atoms. The summed E-state index contributed by atoms with van der Waals surface area (Å²) < 4.78 is 17.2. The van der Waals surface area contributed by atoms with Crippen LogP contribution in [0.25, 0.3) is 11.1 Å². The van der Waals surface area contributed by atoms with Crippen molar-refractivity contribution in [2.24, 2.45) is 5.73 Å². The summed E-state index contributed by atoms with van der Waals surface area (Å²) in [5, 5.41) is 0. The Kier molecular flexibility index (Phi) is 8.56. The molecule has 180 valence electrons. The summed E-state index contributed by atoms with van der Waals surface area (Å²) in [6.45, 7) is 1.86. The van der Waals surface area contributed by atoms with Crippen molar-refractivity contribution in [2.45, 2.75) is 25.4 Å². The molecule has 0 aliphatic carbocycles. The molecule has 5 rings (SSSR count). The first-order chi connectivity index (χ1) is 16.7. The highest BCUT2D eigenvalue weighted by Crippen LogP contribution is 2.25. The second-order valence-corrected chi connectivity index (χ2v) is 8.52. The molecular weight excluding hydrogens is 458 g/mol. The number of hydrogen-bond acceptors (Lipinski definition) is 4. The van der Waals surface area contributed by atoms with E-state index < -0.39 is 0 Å². The standard InChI is InChI=1S/C30H29NO3.ClH/c31-30(25-7-2-1-3-8-25)27-10-5-11-28(20-27)34-21-23-6-4-9-26(18-23)24-14-12-22(13-15-24)19-29-32-16-17-33-29;/h1-15,18,20,29-30H,16-17,19,21,31H2;1H. The molecule has 1 aliphatic heterocycles. The highest BCUT2D eigenvalue weighted by Gasteiger charge is 2.16. The second-order valence-electron chi connectivity index (χ2n) is 8.52. The number of nitrogens with two attached hydrogens (primary N) is 1. The third-order valence-electron chi connectivity index (χ3n) is 6.09. The van der Waals surface area contributed by atoms with Gasteiger partial charge in [0.15, 0.2) is 6.29 Å². The molecule has 1 unspecified atom stereocenters. The van der Waals surface area contributed by atoms with Crippen molar-refractivity contribution in [1.29, 1.82) is 0 Å². The van der Waals surface area contributed by atoms with E-state index in [1.54, 1.807) is 0 Å². The Bertz CT molecular complexity index is 1210. The van der Waals surface area contributed by atoms with Gasteiger partial charge in [0, 0.05) is 6.42 Å². The van der Waals surface area contributed by atoms with Gasteiger partial charge in [-0.15, -0.1) is 12.4 Å². The van der Waals surface area contributed by atoms with Gasteiger partial charge in [-0.3, -0.25) is 0 Å². The van der Waals surface area contributed by atoms with Crippen molar-refractivity contribution in [3.8, 4) is 16.9 Å². The first kappa shape index (κ1) is 25.0. The average Bonchev–Trinajstić information content (AvgIpc) is 3.41. The lowest BCUT2D eigenvalue weighted by molar-refractivity contribution is -0.0399. The zero-order valence-electron chi connectivity index (χ0n) is 19.5. The first-order valence-electron chi connectivity index (χ1n) is 11.7. The molecule has 5 heteroatoms. The molecule has 4 aromatic carbocycles. The molecule has 0 radical (unpaired) electrons. The van der Waals surface area contributed by atoms with E-state index in [0.29, 0.717) is 19.8 Å². The van der Waals surface area contributed by atoms with Crippen LogP contribution in [0.2, 0.25) is 0 Å². The van der Waals surface area contributed by atoms with E-state index in [-0.39, 0.29) is 24.7 Å². The highest BCUT2D eigenvalue weighted by molar-refractivity contribution is 5.85. The smallest absolute Gasteiger partial charge is 0.161 e. The third-order valence-corrected chi connectivity index (χ3v) is 6.09. The quantitative estimate of drug-likeness (QED) is 0.316. The molecule has 1 fully saturated rings. The van der Waals surface area contributed by atoms with Gasteiger partial charge >= 0.3 is 0 Å². The summed E-state index contributed by atoms with van der Waals surface area (Å²) in [5.41, 5.74) is 13.3. The monoisotopic (exact) mass is 487 g/mol. The van der Waals surface area contributed by atoms with Crippen molar-refractivity contribution < 1.29 is 14.2 Å². The van der Waals surface area contributed by atoms with Crippen LogP contribution in [0.15, 0.2) is 103 Å². The van der Waals surface area contributed by atoms with Gasteiger partial charge in [-0.25, -0.2) is 0 Å². The van der Waals surface area contributed by atoms with Gasteiger partial charge in [-0.05, 0) is 51.6 Å². The summed E-state index contributed by atoms with van der Waals surface area (Å²) in [5.74, 6) is 0.815. The summed E-state index contributed by atoms with van der Waals surface area (Å²) >= 11 is 0. The molecule has 0 amide bonds. The van der Waals surface area contributed by atoms with Crippen LogP contribution in [0.3, 0.4) is 0 Å². The van der Waals surface area contributed by atoms with Crippen LogP contribution in [-0.4, -0.2) is 19.5 Å². The van der Waals surface area contributed by atoms with E-state index in [1.165, 1.54) is 16.7 Å². The van der Waals surface area contributed by atoms with Gasteiger partial charge < -0.3 is 19.9 Å². The van der Waals surface area contributed by atoms with Gasteiger partial charge in [0.25, 0.3) is 0 Å². The largest absolute Gasteiger partial charge is 0.489 e. The number of halogens is 1. The van der Waals surface area contributed by atoms with E-state index >= 15 is 0 Å². The fourth-order valence-electron chi connectivity index (χ4n) is 4.21. The lowest BCUT2D eigenvalue weighted by Crippen LogP contribution is -2.11. The molecule has 4 aromatic rings. The van der Waals surface area contributed by atoms with Crippen LogP contribution in [0.1, 0.15) is 28.3 Å². The number of benzene rings is 4. The van der Waals surface area contributed by atoms with Gasteiger partial charge in [0.05, 0.1) is 19.3 Å². The third kappa shape index (κ3) is 6.50. The molecule has 0 saturated carbocycles. The molecule has 1 atom stereocenters. The van der Waals surface area contributed by atoms with Crippen molar-refractivity contribution in [3.05, 3.63) is 125 Å². The topological polar surface area (TPSA) is 53.7 Å². The molecule has 0 aromatic heterocycles. The zero-order valence-corrected chi connectivity index (χ0v) is 20.3. The first-order valence-corrected chi connectivity index (χ1v) is 11.7. The Morgan fingerprint density at radius 3 is 2.20 bits per heavy atom. The Morgan fingerprint density at radius 1 is 0.714 bits per heavy atom. The fraction of sp³-hybridized carbons (Fsp3) is 0.200. The molecule has 0 spiro atoms. The van der Waals surface area contributed by atoms with Crippen molar-refractivity contribution >= 4 is 12.4 Å². The van der Waals surface area contributed by atoms with E-state index in [0.717, 1.165) is 28.9 Å². The molecule has 2 N–H and O–H groups in total. The maximum Gasteiger partial charge on any atom is 0.161 e. The highest BCUT2D eigenvalue weighted by atomic mass is 35.5. The molecule has 1 saturated heterocycles. The normalized spacial score (nSPS) is 14.3. The second kappa shape index (κ2) is 12.0. The summed E-state index contributed by atoms with van der Waals surface area (Å²) in [4.78, 5) is 0. The molecular formula is C30H30ClNO3. The Hall–Kier alpha value is -3.15.